The monoisotopic (exact) mass is 256 g/mol. The Morgan fingerprint density at radius 2 is 2.00 bits per heavy atom. The average molecular weight is 256 g/mol. The molecule has 1 saturated carbocycles. The number of imidazole rings is 1. The number of pyridine rings is 1. The Morgan fingerprint density at radius 1 is 1.21 bits per heavy atom. The maximum atomic E-state index is 4.60. The van der Waals surface area contributed by atoms with Crippen molar-refractivity contribution in [2.24, 2.45) is 0 Å². The van der Waals surface area contributed by atoms with E-state index in [4.69, 9.17) is 0 Å². The second-order valence-electron chi connectivity index (χ2n) is 5.43. The zero-order valence-corrected chi connectivity index (χ0v) is 11.6. The van der Waals surface area contributed by atoms with Crippen LogP contribution in [0.3, 0.4) is 0 Å². The van der Waals surface area contributed by atoms with Crippen molar-refractivity contribution < 1.29 is 0 Å². The SMILES string of the molecule is Cc1cncc(Nc2nc(C)cn2C2CCCC2)c1. The predicted octanol–water partition coefficient (Wildman–Crippen LogP) is 3.75. The van der Waals surface area contributed by atoms with Gasteiger partial charge in [-0.25, -0.2) is 4.98 Å². The third-order valence-corrected chi connectivity index (χ3v) is 3.70. The van der Waals surface area contributed by atoms with Crippen LogP contribution in [0.5, 0.6) is 0 Å². The number of hydrogen-bond acceptors (Lipinski definition) is 3. The fraction of sp³-hybridized carbons (Fsp3) is 0.467. The molecule has 100 valence electrons. The lowest BCUT2D eigenvalue weighted by atomic mass is 10.2. The number of anilines is 2. The molecule has 19 heavy (non-hydrogen) atoms. The molecule has 0 spiro atoms. The minimum Gasteiger partial charge on any atom is -0.324 e. The first-order valence-electron chi connectivity index (χ1n) is 6.96. The van der Waals surface area contributed by atoms with Crippen LogP contribution in [0.1, 0.15) is 43.0 Å². The lowest BCUT2D eigenvalue weighted by Crippen LogP contribution is -2.08. The van der Waals surface area contributed by atoms with Crippen molar-refractivity contribution in [2.45, 2.75) is 45.6 Å². The number of aromatic nitrogens is 3. The highest BCUT2D eigenvalue weighted by atomic mass is 15.2. The van der Waals surface area contributed by atoms with Gasteiger partial charge in [-0.05, 0) is 38.3 Å². The van der Waals surface area contributed by atoms with E-state index in [1.807, 2.05) is 26.2 Å². The summed E-state index contributed by atoms with van der Waals surface area (Å²) < 4.78 is 2.30. The highest BCUT2D eigenvalue weighted by Gasteiger charge is 2.20. The van der Waals surface area contributed by atoms with Gasteiger partial charge in [0.25, 0.3) is 0 Å². The largest absolute Gasteiger partial charge is 0.324 e. The summed E-state index contributed by atoms with van der Waals surface area (Å²) in [7, 11) is 0. The van der Waals surface area contributed by atoms with Crippen LogP contribution in [-0.4, -0.2) is 14.5 Å². The number of hydrogen-bond donors (Lipinski definition) is 1. The molecule has 1 N–H and O–H groups in total. The molecule has 0 atom stereocenters. The molecule has 0 unspecified atom stereocenters. The maximum absolute atomic E-state index is 4.60. The van der Waals surface area contributed by atoms with Gasteiger partial charge in [0, 0.05) is 18.4 Å². The van der Waals surface area contributed by atoms with Crippen molar-refractivity contribution in [1.29, 1.82) is 0 Å². The summed E-state index contributed by atoms with van der Waals surface area (Å²) in [5, 5.41) is 3.40. The van der Waals surface area contributed by atoms with Gasteiger partial charge in [-0.2, -0.15) is 0 Å². The van der Waals surface area contributed by atoms with Gasteiger partial charge in [0.15, 0.2) is 0 Å². The van der Waals surface area contributed by atoms with Gasteiger partial charge in [0.1, 0.15) is 0 Å². The van der Waals surface area contributed by atoms with Crippen molar-refractivity contribution in [2.75, 3.05) is 5.32 Å². The van der Waals surface area contributed by atoms with E-state index < -0.39 is 0 Å². The van der Waals surface area contributed by atoms with Crippen LogP contribution in [0.4, 0.5) is 11.6 Å². The van der Waals surface area contributed by atoms with Gasteiger partial charge in [0.2, 0.25) is 5.95 Å². The molecule has 1 fully saturated rings. The van der Waals surface area contributed by atoms with E-state index in [9.17, 15) is 0 Å². The van der Waals surface area contributed by atoms with Crippen LogP contribution >= 0.6 is 0 Å². The van der Waals surface area contributed by atoms with Crippen LogP contribution in [-0.2, 0) is 0 Å². The van der Waals surface area contributed by atoms with Crippen molar-refractivity contribution in [3.63, 3.8) is 0 Å². The summed E-state index contributed by atoms with van der Waals surface area (Å²) >= 11 is 0. The molecule has 0 saturated heterocycles. The Hall–Kier alpha value is -1.84. The second kappa shape index (κ2) is 5.03. The molecule has 4 nitrogen and oxygen atoms in total. The number of rotatable bonds is 3. The molecular formula is C15H20N4. The van der Waals surface area contributed by atoms with E-state index in [1.54, 1.807) is 0 Å². The van der Waals surface area contributed by atoms with Crippen molar-refractivity contribution in [1.82, 2.24) is 14.5 Å². The third kappa shape index (κ3) is 2.62. The first-order chi connectivity index (χ1) is 9.22. The summed E-state index contributed by atoms with van der Waals surface area (Å²) in [6.07, 6.45) is 11.0. The molecule has 2 aromatic rings. The van der Waals surface area contributed by atoms with E-state index >= 15 is 0 Å². The van der Waals surface area contributed by atoms with Crippen LogP contribution in [0.25, 0.3) is 0 Å². The summed E-state index contributed by atoms with van der Waals surface area (Å²) in [6.45, 7) is 4.10. The molecule has 2 aromatic heterocycles. The highest BCUT2D eigenvalue weighted by Crippen LogP contribution is 2.32. The molecule has 0 aliphatic heterocycles. The van der Waals surface area contributed by atoms with Gasteiger partial charge >= 0.3 is 0 Å². The van der Waals surface area contributed by atoms with Crippen LogP contribution in [0.2, 0.25) is 0 Å². The van der Waals surface area contributed by atoms with Gasteiger partial charge in [-0.1, -0.05) is 12.8 Å². The Morgan fingerprint density at radius 3 is 2.74 bits per heavy atom. The zero-order valence-electron chi connectivity index (χ0n) is 11.6. The quantitative estimate of drug-likeness (QED) is 0.909. The number of aryl methyl sites for hydroxylation is 2. The highest BCUT2D eigenvalue weighted by molar-refractivity contribution is 5.53. The molecule has 0 radical (unpaired) electrons. The summed E-state index contributed by atoms with van der Waals surface area (Å²) in [5.74, 6) is 0.941. The summed E-state index contributed by atoms with van der Waals surface area (Å²) in [4.78, 5) is 8.82. The first kappa shape index (κ1) is 12.2. The molecule has 0 bridgehead atoms. The summed E-state index contributed by atoms with van der Waals surface area (Å²) in [5.41, 5.74) is 3.22. The molecular weight excluding hydrogens is 236 g/mol. The van der Waals surface area contributed by atoms with E-state index in [1.165, 1.54) is 25.7 Å². The normalized spacial score (nSPS) is 15.9. The van der Waals surface area contributed by atoms with E-state index in [-0.39, 0.29) is 0 Å². The first-order valence-corrected chi connectivity index (χ1v) is 6.96. The molecule has 0 aromatic carbocycles. The van der Waals surface area contributed by atoms with Crippen molar-refractivity contribution in [3.05, 3.63) is 35.9 Å². The van der Waals surface area contributed by atoms with Crippen molar-refractivity contribution in [3.8, 4) is 0 Å². The molecule has 4 heteroatoms. The Labute approximate surface area is 113 Å². The van der Waals surface area contributed by atoms with Crippen LogP contribution < -0.4 is 5.32 Å². The Balaban J connectivity index is 1.87. The average Bonchev–Trinajstić information content (AvgIpc) is 2.98. The molecule has 1 aliphatic carbocycles. The summed E-state index contributed by atoms with van der Waals surface area (Å²) in [6, 6.07) is 2.69. The third-order valence-electron chi connectivity index (χ3n) is 3.70. The smallest absolute Gasteiger partial charge is 0.207 e. The standard InChI is InChI=1S/C15H20N4/c1-11-7-13(9-16-8-11)18-15-17-12(2)10-19(15)14-5-3-4-6-14/h7-10,14H,3-6H2,1-2H3,(H,17,18). The van der Waals surface area contributed by atoms with Crippen LogP contribution in [0, 0.1) is 13.8 Å². The van der Waals surface area contributed by atoms with Gasteiger partial charge < -0.3 is 9.88 Å². The molecule has 0 amide bonds. The Kier molecular flexibility index (Phi) is 3.23. The molecule has 2 heterocycles. The minimum absolute atomic E-state index is 0.599. The van der Waals surface area contributed by atoms with Gasteiger partial charge in [-0.3, -0.25) is 4.98 Å². The fourth-order valence-electron chi connectivity index (χ4n) is 2.82. The maximum Gasteiger partial charge on any atom is 0.207 e. The predicted molar refractivity (Wildman–Crippen MR) is 76.7 cm³/mol. The minimum atomic E-state index is 0.599. The van der Waals surface area contributed by atoms with Crippen molar-refractivity contribution >= 4 is 11.6 Å². The van der Waals surface area contributed by atoms with E-state index in [0.29, 0.717) is 6.04 Å². The Bertz CT molecular complexity index is 567. The topological polar surface area (TPSA) is 42.7 Å². The van der Waals surface area contributed by atoms with Gasteiger partial charge in [0.05, 0.1) is 17.6 Å². The molecule has 1 aliphatic rings. The van der Waals surface area contributed by atoms with Gasteiger partial charge in [-0.15, -0.1) is 0 Å². The number of nitrogens with one attached hydrogen (secondary N) is 1. The zero-order chi connectivity index (χ0) is 13.2. The number of nitrogens with zero attached hydrogens (tertiary/aromatic N) is 3. The van der Waals surface area contributed by atoms with E-state index in [0.717, 1.165) is 22.9 Å². The lowest BCUT2D eigenvalue weighted by Gasteiger charge is -2.15. The van der Waals surface area contributed by atoms with E-state index in [2.05, 4.69) is 32.1 Å². The fourth-order valence-corrected chi connectivity index (χ4v) is 2.82. The lowest BCUT2D eigenvalue weighted by molar-refractivity contribution is 0.524. The van der Waals surface area contributed by atoms with Crippen LogP contribution in [0.15, 0.2) is 24.7 Å². The second-order valence-corrected chi connectivity index (χ2v) is 5.43. The molecule has 3 rings (SSSR count).